The zero-order valence-corrected chi connectivity index (χ0v) is 25.3. The Morgan fingerprint density at radius 2 is 1.69 bits per heavy atom. The first-order chi connectivity index (χ1) is 21.9. The molecule has 5 aromatic rings. The van der Waals surface area contributed by atoms with Crippen LogP contribution in [-0.4, -0.2) is 65.6 Å². The van der Waals surface area contributed by atoms with E-state index in [0.717, 1.165) is 22.0 Å². The topological polar surface area (TPSA) is 118 Å². The minimum absolute atomic E-state index is 0.0565. The Morgan fingerprint density at radius 1 is 1.02 bits per heavy atom. The summed E-state index contributed by atoms with van der Waals surface area (Å²) in [5, 5.41) is 4.07. The molecule has 10 nitrogen and oxygen atoms in total. The molecule has 2 atom stereocenters. The first-order valence-electron chi connectivity index (χ1n) is 15.1. The largest absolute Gasteiger partial charge is 0.464 e. The summed E-state index contributed by atoms with van der Waals surface area (Å²) in [5.74, 6) is -0.711. The number of carbonyl (C=O) groups excluding carboxylic acids is 3. The third kappa shape index (κ3) is 5.72. The number of aromatic nitrogens is 2. The molecule has 3 aromatic carbocycles. The molecule has 0 bridgehead atoms. The number of nitrogens with zero attached hydrogens (tertiary/aromatic N) is 3. The average molecular weight is 607 g/mol. The zero-order valence-electron chi connectivity index (χ0n) is 25.3. The predicted molar refractivity (Wildman–Crippen MR) is 170 cm³/mol. The lowest BCUT2D eigenvalue weighted by molar-refractivity contribution is -0.137. The maximum Gasteiger partial charge on any atom is 0.366 e. The van der Waals surface area contributed by atoms with E-state index in [1.54, 1.807) is 11.0 Å². The second kappa shape index (κ2) is 12.8. The van der Waals surface area contributed by atoms with Crippen LogP contribution in [0.4, 0.5) is 5.88 Å². The van der Waals surface area contributed by atoms with Crippen LogP contribution >= 0.6 is 0 Å². The zero-order chi connectivity index (χ0) is 31.4. The van der Waals surface area contributed by atoms with E-state index in [0.29, 0.717) is 37.5 Å². The molecule has 1 aliphatic rings. The summed E-state index contributed by atoms with van der Waals surface area (Å²) in [7, 11) is 1.31. The van der Waals surface area contributed by atoms with Crippen LogP contribution in [0.15, 0.2) is 102 Å². The van der Waals surface area contributed by atoms with Gasteiger partial charge in [0.05, 0.1) is 13.7 Å². The molecule has 1 saturated heterocycles. The van der Waals surface area contributed by atoms with Crippen LogP contribution in [0.2, 0.25) is 0 Å². The van der Waals surface area contributed by atoms with E-state index in [4.69, 9.17) is 9.15 Å². The monoisotopic (exact) mass is 606 g/mol. The number of aromatic amines is 1. The van der Waals surface area contributed by atoms with Crippen molar-refractivity contribution in [2.45, 2.75) is 32.0 Å². The maximum absolute atomic E-state index is 13.8. The van der Waals surface area contributed by atoms with Gasteiger partial charge in [-0.15, -0.1) is 0 Å². The number of methoxy groups -OCH3 is 1. The number of hydrogen-bond donors (Lipinski definition) is 2. The third-order valence-corrected chi connectivity index (χ3v) is 8.53. The lowest BCUT2D eigenvalue weighted by Gasteiger charge is -2.50. The number of quaternary nitrogens is 1. The van der Waals surface area contributed by atoms with E-state index < -0.39 is 12.1 Å². The van der Waals surface area contributed by atoms with Crippen molar-refractivity contribution in [3.8, 4) is 0 Å². The molecule has 230 valence electrons. The van der Waals surface area contributed by atoms with Gasteiger partial charge in [-0.3, -0.25) is 9.59 Å². The van der Waals surface area contributed by atoms with Crippen molar-refractivity contribution in [3.63, 3.8) is 0 Å². The van der Waals surface area contributed by atoms with Crippen LogP contribution < -0.4 is 9.80 Å². The normalized spacial score (nSPS) is 18.2. The Balaban J connectivity index is 1.50. The number of ether oxygens (including phenoxy) is 1. The molecule has 2 amide bonds. The van der Waals surface area contributed by atoms with Crippen molar-refractivity contribution in [1.29, 1.82) is 0 Å². The first-order valence-corrected chi connectivity index (χ1v) is 15.1. The molecular weight excluding hydrogens is 570 g/mol. The molecule has 45 heavy (non-hydrogen) atoms. The van der Waals surface area contributed by atoms with Crippen LogP contribution in [0, 0.1) is 0 Å². The van der Waals surface area contributed by atoms with Crippen LogP contribution in [0.25, 0.3) is 10.9 Å². The molecule has 0 aliphatic carbocycles. The summed E-state index contributed by atoms with van der Waals surface area (Å²) < 4.78 is 11.3. The maximum atomic E-state index is 13.8. The van der Waals surface area contributed by atoms with Gasteiger partial charge < -0.3 is 24.4 Å². The SMILES string of the molecule is CCCC(=O)N1CC[N+](c2ocnc2C(=O)OC)(C(c2ccccc2)c2ccccc2)CC1NC(=O)c1cc2ccccc2[nH]1. The van der Waals surface area contributed by atoms with E-state index in [1.807, 2.05) is 91.9 Å². The fraction of sp³-hybridized carbons (Fsp3) is 0.257. The number of oxazole rings is 1. The Bertz CT molecular complexity index is 1730. The number of amides is 2. The van der Waals surface area contributed by atoms with E-state index in [1.165, 1.54) is 13.5 Å². The number of hydrogen-bond acceptors (Lipinski definition) is 6. The molecule has 2 unspecified atom stereocenters. The highest BCUT2D eigenvalue weighted by atomic mass is 16.5. The summed E-state index contributed by atoms with van der Waals surface area (Å²) in [6.07, 6.45) is 1.53. The highest BCUT2D eigenvalue weighted by molar-refractivity contribution is 5.98. The Hall–Kier alpha value is -5.22. The summed E-state index contributed by atoms with van der Waals surface area (Å²) >= 11 is 0. The van der Waals surface area contributed by atoms with Gasteiger partial charge in [0.15, 0.2) is 12.6 Å². The van der Waals surface area contributed by atoms with E-state index >= 15 is 0 Å². The van der Waals surface area contributed by atoms with E-state index in [-0.39, 0.29) is 34.6 Å². The number of benzene rings is 3. The van der Waals surface area contributed by atoms with Crippen molar-refractivity contribution in [3.05, 3.63) is 120 Å². The van der Waals surface area contributed by atoms with Crippen molar-refractivity contribution in [2.24, 2.45) is 0 Å². The molecule has 3 heterocycles. The minimum Gasteiger partial charge on any atom is -0.464 e. The van der Waals surface area contributed by atoms with Crippen molar-refractivity contribution < 1.29 is 23.5 Å². The van der Waals surface area contributed by atoms with Crippen LogP contribution in [0.1, 0.15) is 57.9 Å². The van der Waals surface area contributed by atoms with Gasteiger partial charge in [-0.2, -0.15) is 0 Å². The standard InChI is InChI=1S/C35H35N5O5/c1-3-12-30(41)39-19-20-40(34-31(35(43)44-2)36-23-45-34,32(24-13-6-4-7-14-24)25-15-8-5-9-16-25)22-29(39)38-33(42)28-21-26-17-10-11-18-27(26)37-28/h4-11,13-18,21,23,29,32H,3,12,19-20,22H2,1-2H3,(H-,37,38,42)/p+1. The molecule has 6 rings (SSSR count). The summed E-state index contributed by atoms with van der Waals surface area (Å²) in [4.78, 5) is 49.7. The van der Waals surface area contributed by atoms with Gasteiger partial charge >= 0.3 is 11.9 Å². The number of para-hydroxylation sites is 1. The highest BCUT2D eigenvalue weighted by Crippen LogP contribution is 2.43. The summed E-state index contributed by atoms with van der Waals surface area (Å²) in [6, 6.07) is 29.0. The predicted octanol–water partition coefficient (Wildman–Crippen LogP) is 5.44. The smallest absolute Gasteiger partial charge is 0.366 e. The number of carbonyl (C=O) groups is 3. The molecular formula is C35H36N5O5+. The molecule has 1 fully saturated rings. The molecule has 2 aromatic heterocycles. The van der Waals surface area contributed by atoms with Gasteiger partial charge in [0.2, 0.25) is 5.91 Å². The minimum atomic E-state index is -0.734. The van der Waals surface area contributed by atoms with E-state index in [9.17, 15) is 14.4 Å². The number of fused-ring (bicyclic) bond motifs is 1. The first kappa shape index (κ1) is 29.8. The molecule has 1 aliphatic heterocycles. The van der Waals surface area contributed by atoms with Crippen LogP contribution in [0.3, 0.4) is 0 Å². The highest BCUT2D eigenvalue weighted by Gasteiger charge is 2.53. The average Bonchev–Trinajstić information content (AvgIpc) is 3.74. The second-order valence-corrected chi connectivity index (χ2v) is 11.3. The molecule has 10 heteroatoms. The number of H-pyrrole nitrogens is 1. The summed E-state index contributed by atoms with van der Waals surface area (Å²) in [6.45, 7) is 2.85. The van der Waals surface area contributed by atoms with Gasteiger partial charge in [-0.05, 0) is 18.6 Å². The fourth-order valence-electron chi connectivity index (χ4n) is 6.51. The number of rotatable bonds is 9. The number of nitrogens with one attached hydrogen (secondary N) is 2. The molecule has 0 spiro atoms. The lowest BCUT2D eigenvalue weighted by atomic mass is 9.92. The second-order valence-electron chi connectivity index (χ2n) is 11.3. The Morgan fingerprint density at radius 3 is 2.33 bits per heavy atom. The molecule has 2 N–H and O–H groups in total. The van der Waals surface area contributed by atoms with Crippen molar-refractivity contribution >= 4 is 34.6 Å². The Labute approximate surface area is 261 Å². The number of piperazine rings is 1. The van der Waals surface area contributed by atoms with Crippen molar-refractivity contribution in [1.82, 2.24) is 24.7 Å². The van der Waals surface area contributed by atoms with Crippen molar-refractivity contribution in [2.75, 3.05) is 26.7 Å². The van der Waals surface area contributed by atoms with E-state index in [2.05, 4.69) is 15.3 Å². The molecule has 0 saturated carbocycles. The molecule has 0 radical (unpaired) electrons. The van der Waals surface area contributed by atoms with Gasteiger partial charge in [0.1, 0.15) is 24.8 Å². The quantitative estimate of drug-likeness (QED) is 0.171. The van der Waals surface area contributed by atoms with Gasteiger partial charge in [0, 0.05) is 28.5 Å². The van der Waals surface area contributed by atoms with Gasteiger partial charge in [-0.25, -0.2) is 14.3 Å². The van der Waals surface area contributed by atoms with Crippen LogP contribution in [0.5, 0.6) is 0 Å². The number of esters is 1. The third-order valence-electron chi connectivity index (χ3n) is 8.53. The van der Waals surface area contributed by atoms with Gasteiger partial charge in [0.25, 0.3) is 11.6 Å². The fourth-order valence-corrected chi connectivity index (χ4v) is 6.51. The van der Waals surface area contributed by atoms with Gasteiger partial charge in [-0.1, -0.05) is 85.8 Å². The van der Waals surface area contributed by atoms with Crippen LogP contribution in [-0.2, 0) is 9.53 Å². The summed E-state index contributed by atoms with van der Waals surface area (Å²) in [5.41, 5.74) is 3.24. The lowest BCUT2D eigenvalue weighted by Crippen LogP contribution is -2.70. The Kier molecular flexibility index (Phi) is 8.48.